The van der Waals surface area contributed by atoms with Crippen LogP contribution in [0.25, 0.3) is 0 Å². The second-order valence-electron chi connectivity index (χ2n) is 5.41. The number of piperidine rings is 1. The third kappa shape index (κ3) is 2.98. The molecule has 1 aliphatic rings. The Morgan fingerprint density at radius 2 is 2.30 bits per heavy atom. The Hall–Kier alpha value is -2.97. The fourth-order valence-electron chi connectivity index (χ4n) is 2.84. The van der Waals surface area contributed by atoms with E-state index in [-0.39, 0.29) is 17.3 Å². The van der Waals surface area contributed by atoms with E-state index in [1.54, 1.807) is 6.20 Å². The quantitative estimate of drug-likeness (QED) is 0.666. The van der Waals surface area contributed by atoms with Crippen LogP contribution in [0.5, 0.6) is 0 Å². The zero-order valence-electron chi connectivity index (χ0n) is 12.3. The minimum Gasteiger partial charge on any atom is -0.365 e. The first-order valence-corrected chi connectivity index (χ1v) is 7.24. The van der Waals surface area contributed by atoms with Crippen LogP contribution in [-0.2, 0) is 0 Å². The molecule has 1 unspecified atom stereocenters. The van der Waals surface area contributed by atoms with E-state index in [0.29, 0.717) is 18.9 Å². The molecule has 0 aromatic carbocycles. The molecular weight excluding hydrogens is 300 g/mol. The summed E-state index contributed by atoms with van der Waals surface area (Å²) in [5, 5.41) is 15.1. The number of primary amides is 1. The third-order valence-electron chi connectivity index (χ3n) is 3.92. The number of pyridine rings is 1. The van der Waals surface area contributed by atoms with Crippen LogP contribution in [0, 0.1) is 10.1 Å². The maximum absolute atomic E-state index is 11.7. The smallest absolute Gasteiger partial charge is 0.288 e. The zero-order valence-corrected chi connectivity index (χ0v) is 12.3. The normalized spacial score (nSPS) is 17.9. The van der Waals surface area contributed by atoms with E-state index in [1.807, 2.05) is 21.8 Å². The van der Waals surface area contributed by atoms with Crippen LogP contribution in [0.3, 0.4) is 0 Å². The third-order valence-corrected chi connectivity index (χ3v) is 3.92. The van der Waals surface area contributed by atoms with E-state index in [9.17, 15) is 14.9 Å². The predicted molar refractivity (Wildman–Crippen MR) is 82.1 cm³/mol. The highest BCUT2D eigenvalue weighted by Crippen LogP contribution is 2.28. The van der Waals surface area contributed by atoms with E-state index < -0.39 is 10.8 Å². The van der Waals surface area contributed by atoms with Crippen molar-refractivity contribution in [3.63, 3.8) is 0 Å². The van der Waals surface area contributed by atoms with E-state index in [0.717, 1.165) is 19.0 Å². The number of nitrogens with zero attached hydrogens (tertiary/aromatic N) is 5. The minimum absolute atomic E-state index is 0.0697. The molecule has 1 saturated heterocycles. The molecule has 1 atom stereocenters. The monoisotopic (exact) mass is 316 g/mol. The largest absolute Gasteiger partial charge is 0.365 e. The van der Waals surface area contributed by atoms with Crippen molar-refractivity contribution in [3.05, 3.63) is 46.4 Å². The number of nitro groups is 1. The van der Waals surface area contributed by atoms with Gasteiger partial charge in [-0.25, -0.2) is 4.98 Å². The summed E-state index contributed by atoms with van der Waals surface area (Å²) in [4.78, 5) is 28.0. The van der Waals surface area contributed by atoms with Crippen molar-refractivity contribution in [3.8, 4) is 0 Å². The number of amides is 1. The van der Waals surface area contributed by atoms with Gasteiger partial charge in [-0.2, -0.15) is 5.10 Å². The van der Waals surface area contributed by atoms with Gasteiger partial charge in [0.25, 0.3) is 11.6 Å². The van der Waals surface area contributed by atoms with Gasteiger partial charge in [0.1, 0.15) is 12.0 Å². The summed E-state index contributed by atoms with van der Waals surface area (Å²) in [5.41, 5.74) is 5.20. The lowest BCUT2D eigenvalue weighted by Gasteiger charge is -2.34. The molecule has 2 aromatic rings. The SMILES string of the molecule is NC(=O)c1cc([N+](=O)[O-])cnc1N1CCCC(n2cccn2)C1. The summed E-state index contributed by atoms with van der Waals surface area (Å²) in [5.74, 6) is -0.336. The maximum atomic E-state index is 11.7. The summed E-state index contributed by atoms with van der Waals surface area (Å²) in [6.07, 6.45) is 6.64. The van der Waals surface area contributed by atoms with Gasteiger partial charge in [-0.05, 0) is 18.9 Å². The highest BCUT2D eigenvalue weighted by Gasteiger charge is 2.26. The molecule has 2 N–H and O–H groups in total. The standard InChI is InChI=1S/C14H16N6O3/c15-13(21)12-7-11(20(22)23)8-16-14(12)18-5-1-3-10(9-18)19-6-2-4-17-19/h2,4,6-8,10H,1,3,5,9H2,(H2,15,21). The lowest BCUT2D eigenvalue weighted by Crippen LogP contribution is -2.38. The Kier molecular flexibility index (Phi) is 3.92. The highest BCUT2D eigenvalue weighted by atomic mass is 16.6. The molecule has 0 spiro atoms. The summed E-state index contributed by atoms with van der Waals surface area (Å²) in [7, 11) is 0. The first kappa shape index (κ1) is 14.9. The van der Waals surface area contributed by atoms with Crippen molar-refractivity contribution in [2.75, 3.05) is 18.0 Å². The molecule has 0 saturated carbocycles. The summed E-state index contributed by atoms with van der Waals surface area (Å²) in [6, 6.07) is 3.21. The Labute approximate surface area is 131 Å². The van der Waals surface area contributed by atoms with E-state index >= 15 is 0 Å². The number of carbonyl (C=O) groups is 1. The average molecular weight is 316 g/mol. The van der Waals surface area contributed by atoms with Gasteiger partial charge in [-0.3, -0.25) is 19.6 Å². The van der Waals surface area contributed by atoms with Gasteiger partial charge in [0, 0.05) is 31.5 Å². The van der Waals surface area contributed by atoms with Gasteiger partial charge < -0.3 is 10.6 Å². The lowest BCUT2D eigenvalue weighted by atomic mass is 10.0. The first-order valence-electron chi connectivity index (χ1n) is 7.24. The number of rotatable bonds is 4. The second kappa shape index (κ2) is 6.03. The zero-order chi connectivity index (χ0) is 16.4. The van der Waals surface area contributed by atoms with Crippen LogP contribution < -0.4 is 10.6 Å². The predicted octanol–water partition coefficient (Wildman–Crippen LogP) is 1.13. The van der Waals surface area contributed by atoms with Crippen molar-refractivity contribution >= 4 is 17.4 Å². The molecule has 9 heteroatoms. The first-order chi connectivity index (χ1) is 11.1. The van der Waals surface area contributed by atoms with Crippen LogP contribution in [0.4, 0.5) is 11.5 Å². The Morgan fingerprint density at radius 3 is 2.96 bits per heavy atom. The Balaban J connectivity index is 1.91. The molecule has 2 aromatic heterocycles. The molecule has 3 heterocycles. The fraction of sp³-hybridized carbons (Fsp3) is 0.357. The molecular formula is C14H16N6O3. The molecule has 0 radical (unpaired) electrons. The van der Waals surface area contributed by atoms with E-state index in [4.69, 9.17) is 5.73 Å². The van der Waals surface area contributed by atoms with Crippen LogP contribution in [0.15, 0.2) is 30.7 Å². The maximum Gasteiger partial charge on any atom is 0.288 e. The molecule has 120 valence electrons. The molecule has 1 amide bonds. The van der Waals surface area contributed by atoms with Gasteiger partial charge in [0.15, 0.2) is 0 Å². The summed E-state index contributed by atoms with van der Waals surface area (Å²) < 4.78 is 1.88. The molecule has 3 rings (SSSR count). The number of anilines is 1. The molecule has 1 aliphatic heterocycles. The fourth-order valence-corrected chi connectivity index (χ4v) is 2.84. The minimum atomic E-state index is -0.725. The van der Waals surface area contributed by atoms with Gasteiger partial charge >= 0.3 is 0 Å². The van der Waals surface area contributed by atoms with Gasteiger partial charge in [-0.1, -0.05) is 0 Å². The number of hydrogen-bond acceptors (Lipinski definition) is 6. The molecule has 23 heavy (non-hydrogen) atoms. The van der Waals surface area contributed by atoms with Crippen molar-refractivity contribution in [2.45, 2.75) is 18.9 Å². The Bertz CT molecular complexity index is 730. The lowest BCUT2D eigenvalue weighted by molar-refractivity contribution is -0.385. The van der Waals surface area contributed by atoms with Gasteiger partial charge in [-0.15, -0.1) is 0 Å². The van der Waals surface area contributed by atoms with E-state index in [1.165, 1.54) is 6.07 Å². The van der Waals surface area contributed by atoms with Crippen molar-refractivity contribution in [2.24, 2.45) is 5.73 Å². The Morgan fingerprint density at radius 1 is 1.48 bits per heavy atom. The van der Waals surface area contributed by atoms with Gasteiger partial charge in [0.05, 0.1) is 16.5 Å². The molecule has 0 bridgehead atoms. The number of carbonyl (C=O) groups excluding carboxylic acids is 1. The summed E-state index contributed by atoms with van der Waals surface area (Å²) >= 11 is 0. The van der Waals surface area contributed by atoms with Crippen molar-refractivity contribution < 1.29 is 9.72 Å². The average Bonchev–Trinajstić information content (AvgIpc) is 3.09. The van der Waals surface area contributed by atoms with E-state index in [2.05, 4.69) is 10.1 Å². The van der Waals surface area contributed by atoms with Crippen LogP contribution in [0.2, 0.25) is 0 Å². The topological polar surface area (TPSA) is 120 Å². The van der Waals surface area contributed by atoms with Crippen LogP contribution >= 0.6 is 0 Å². The van der Waals surface area contributed by atoms with Crippen LogP contribution in [-0.4, -0.2) is 38.7 Å². The van der Waals surface area contributed by atoms with Crippen molar-refractivity contribution in [1.82, 2.24) is 14.8 Å². The highest BCUT2D eigenvalue weighted by molar-refractivity contribution is 5.98. The molecule has 9 nitrogen and oxygen atoms in total. The molecule has 1 fully saturated rings. The summed E-state index contributed by atoms with van der Waals surface area (Å²) in [6.45, 7) is 1.33. The van der Waals surface area contributed by atoms with Crippen LogP contribution in [0.1, 0.15) is 29.2 Å². The number of aromatic nitrogens is 3. The van der Waals surface area contributed by atoms with Gasteiger partial charge in [0.2, 0.25) is 0 Å². The second-order valence-corrected chi connectivity index (χ2v) is 5.41. The van der Waals surface area contributed by atoms with Crippen molar-refractivity contribution in [1.29, 1.82) is 0 Å². The number of hydrogen-bond donors (Lipinski definition) is 1. The molecule has 0 aliphatic carbocycles. The number of nitrogens with two attached hydrogens (primary N) is 1.